The normalized spacial score (nSPS) is 28.2. The summed E-state index contributed by atoms with van der Waals surface area (Å²) in [5.41, 5.74) is 6.37. The van der Waals surface area contributed by atoms with Gasteiger partial charge in [0.2, 0.25) is 17.8 Å². The number of carbonyl (C=O) groups is 3. The van der Waals surface area contributed by atoms with Crippen molar-refractivity contribution in [3.63, 3.8) is 0 Å². The predicted octanol–water partition coefficient (Wildman–Crippen LogP) is 5.14. The van der Waals surface area contributed by atoms with Crippen molar-refractivity contribution in [2.24, 2.45) is 11.3 Å². The zero-order chi connectivity index (χ0) is 41.2. The van der Waals surface area contributed by atoms with Gasteiger partial charge >= 0.3 is 0 Å². The number of aromatic nitrogens is 3. The Balaban J connectivity index is 0.657. The molecule has 3 saturated heterocycles. The summed E-state index contributed by atoms with van der Waals surface area (Å²) in [7, 11) is 0. The Kier molecular flexibility index (Phi) is 8.62. The van der Waals surface area contributed by atoms with Crippen LogP contribution in [-0.2, 0) is 22.6 Å². The van der Waals surface area contributed by atoms with E-state index < -0.39 is 17.6 Å². The first-order chi connectivity index (χ1) is 29.6. The van der Waals surface area contributed by atoms with Crippen molar-refractivity contribution in [2.45, 2.75) is 101 Å². The Morgan fingerprint density at radius 1 is 0.934 bits per heavy atom. The van der Waals surface area contributed by atoms with E-state index in [1.165, 1.54) is 36.6 Å². The van der Waals surface area contributed by atoms with E-state index in [1.54, 1.807) is 4.90 Å². The summed E-state index contributed by atoms with van der Waals surface area (Å²) in [5, 5.41) is 3.65. The number of halogens is 1. The second-order valence-electron chi connectivity index (χ2n) is 19.7. The lowest BCUT2D eigenvalue weighted by Gasteiger charge is -2.54. The molecule has 0 radical (unpaired) electrons. The van der Waals surface area contributed by atoms with Crippen LogP contribution in [-0.4, -0.2) is 124 Å². The van der Waals surface area contributed by atoms with Crippen LogP contribution in [0.25, 0.3) is 10.9 Å². The van der Waals surface area contributed by atoms with E-state index in [2.05, 4.69) is 61.1 Å². The number of nitrogens with one attached hydrogen (secondary N) is 2. The van der Waals surface area contributed by atoms with Crippen LogP contribution in [0.15, 0.2) is 48.8 Å². The first-order valence-electron chi connectivity index (χ1n) is 22.6. The fourth-order valence-corrected chi connectivity index (χ4v) is 12.1. The number of H-pyrrole nitrogens is 1. The zero-order valence-electron chi connectivity index (χ0n) is 34.9. The Hall–Kier alpha value is -5.08. The van der Waals surface area contributed by atoms with Gasteiger partial charge < -0.3 is 24.4 Å². The minimum absolute atomic E-state index is 0.108. The third-order valence-electron chi connectivity index (χ3n) is 15.7. The van der Waals surface area contributed by atoms with Gasteiger partial charge in [0.05, 0.1) is 24.3 Å². The Labute approximate surface area is 355 Å². The Morgan fingerprint density at radius 3 is 2.52 bits per heavy atom. The van der Waals surface area contributed by atoms with Crippen molar-refractivity contribution in [2.75, 3.05) is 62.2 Å². The monoisotopic (exact) mass is 827 g/mol. The van der Waals surface area contributed by atoms with Gasteiger partial charge in [-0.15, -0.1) is 0 Å². The van der Waals surface area contributed by atoms with Gasteiger partial charge in [-0.1, -0.05) is 18.2 Å². The SMILES string of the molecule is C[C@@H]1Cc2c([nH]c3ccccc23)[C@@H](c2cnc(N3CC4(CCC(CN5CCN6c7ccc8c(c7OC[C@H]6C5)CN(C5CCC(=O)NC5=O)C8=O)CC4)C3)nc2)N1CC1(F)CC1. The van der Waals surface area contributed by atoms with Crippen LogP contribution < -0.4 is 19.9 Å². The summed E-state index contributed by atoms with van der Waals surface area (Å²) in [5.74, 6) is 1.40. The lowest BCUT2D eigenvalue weighted by atomic mass is 9.66. The molecule has 2 saturated carbocycles. The zero-order valence-corrected chi connectivity index (χ0v) is 34.9. The maximum Gasteiger partial charge on any atom is 0.255 e. The first-order valence-corrected chi connectivity index (χ1v) is 22.6. The predicted molar refractivity (Wildman–Crippen MR) is 227 cm³/mol. The van der Waals surface area contributed by atoms with Gasteiger partial charge in [0.15, 0.2) is 0 Å². The highest BCUT2D eigenvalue weighted by molar-refractivity contribution is 6.06. The molecule has 8 aliphatic rings. The molecular formula is C47H54FN9O4. The van der Waals surface area contributed by atoms with Crippen LogP contribution in [0, 0.1) is 11.3 Å². The topological polar surface area (TPSA) is 130 Å². The van der Waals surface area contributed by atoms with Crippen LogP contribution >= 0.6 is 0 Å². The molecule has 1 unspecified atom stereocenters. The molecule has 2 aliphatic carbocycles. The molecule has 0 bridgehead atoms. The molecule has 3 amide bonds. The minimum Gasteiger partial charge on any atom is -0.489 e. The quantitative estimate of drug-likeness (QED) is 0.242. The number of benzene rings is 2. The fourth-order valence-electron chi connectivity index (χ4n) is 12.1. The number of fused-ring (bicyclic) bond motifs is 8. The molecule has 5 fully saturated rings. The van der Waals surface area contributed by atoms with Gasteiger partial charge in [0.25, 0.3) is 5.91 Å². The number of anilines is 2. The number of alkyl halides is 1. The number of hydrogen-bond acceptors (Lipinski definition) is 10. The van der Waals surface area contributed by atoms with Crippen molar-refractivity contribution < 1.29 is 23.5 Å². The number of para-hydroxylation sites is 1. The summed E-state index contributed by atoms with van der Waals surface area (Å²) < 4.78 is 21.8. The lowest BCUT2D eigenvalue weighted by molar-refractivity contribution is -0.136. The van der Waals surface area contributed by atoms with E-state index in [9.17, 15) is 14.4 Å². The number of piperazine rings is 1. The van der Waals surface area contributed by atoms with Gasteiger partial charge in [0.1, 0.15) is 24.1 Å². The average molecular weight is 828 g/mol. The second-order valence-corrected chi connectivity index (χ2v) is 19.7. The number of amides is 3. The van der Waals surface area contributed by atoms with Crippen LogP contribution in [0.1, 0.15) is 97.1 Å². The number of imide groups is 1. The molecule has 13 nitrogen and oxygen atoms in total. The van der Waals surface area contributed by atoms with Gasteiger partial charge in [0, 0.05) is 109 Å². The van der Waals surface area contributed by atoms with E-state index in [4.69, 9.17) is 14.7 Å². The fraction of sp³-hybridized carbons (Fsp3) is 0.553. The van der Waals surface area contributed by atoms with E-state index in [0.717, 1.165) is 85.4 Å². The molecule has 14 heteroatoms. The van der Waals surface area contributed by atoms with Crippen molar-refractivity contribution in [1.29, 1.82) is 0 Å². The molecule has 318 valence electrons. The largest absolute Gasteiger partial charge is 0.489 e. The maximum absolute atomic E-state index is 15.4. The number of ether oxygens (including phenoxy) is 1. The molecule has 8 heterocycles. The maximum atomic E-state index is 15.4. The summed E-state index contributed by atoms with van der Waals surface area (Å²) in [6, 6.07) is 12.1. The molecule has 2 N–H and O–H groups in total. The number of aromatic amines is 1. The third-order valence-corrected chi connectivity index (χ3v) is 15.7. The minimum atomic E-state index is -1.09. The molecule has 2 aromatic heterocycles. The van der Waals surface area contributed by atoms with Crippen molar-refractivity contribution in [3.8, 4) is 5.75 Å². The average Bonchev–Trinajstić information content (AvgIpc) is 3.73. The van der Waals surface area contributed by atoms with Crippen molar-refractivity contribution in [1.82, 2.24) is 35.0 Å². The molecule has 61 heavy (non-hydrogen) atoms. The smallest absolute Gasteiger partial charge is 0.255 e. The number of nitrogens with zero attached hydrogens (tertiary/aromatic N) is 7. The number of hydrogen-bond donors (Lipinski definition) is 2. The standard InChI is InChI=1S/C47H54FN9O4/c1-28-18-34-32-4-2-3-5-36(32)51-40(34)41(57(28)27-47(48)14-15-47)30-19-49-45(50-20-30)54-25-46(26-54)12-10-29(11-13-46)21-53-16-17-55-31(22-53)24-61-42-35-23-56(38-8-9-39(58)52-43(38)59)44(60)33(35)6-7-37(42)55/h2-7,19-20,28-29,31,38,41,51H,8-18,21-27H2,1H3,(H,52,58,59)/t28-,31-,38?,41-/m1/s1. The highest BCUT2D eigenvalue weighted by Gasteiger charge is 2.50. The molecule has 12 rings (SSSR count). The van der Waals surface area contributed by atoms with Gasteiger partial charge in [-0.05, 0) is 88.0 Å². The third kappa shape index (κ3) is 6.33. The number of carbonyl (C=O) groups excluding carboxylic acids is 3. The van der Waals surface area contributed by atoms with Crippen LogP contribution in [0.4, 0.5) is 16.0 Å². The summed E-state index contributed by atoms with van der Waals surface area (Å²) in [4.78, 5) is 62.8. The number of rotatable bonds is 7. The van der Waals surface area contributed by atoms with E-state index in [-0.39, 0.29) is 36.4 Å². The highest BCUT2D eigenvalue weighted by atomic mass is 19.1. The molecular weight excluding hydrogens is 774 g/mol. The van der Waals surface area contributed by atoms with Gasteiger partial charge in [-0.25, -0.2) is 14.4 Å². The Morgan fingerprint density at radius 2 is 1.74 bits per heavy atom. The molecule has 6 aliphatic heterocycles. The number of piperidine rings is 1. The van der Waals surface area contributed by atoms with Crippen molar-refractivity contribution >= 4 is 40.3 Å². The van der Waals surface area contributed by atoms with Crippen LogP contribution in [0.2, 0.25) is 0 Å². The van der Waals surface area contributed by atoms with E-state index in [1.807, 2.05) is 24.5 Å². The molecule has 2 aromatic carbocycles. The van der Waals surface area contributed by atoms with E-state index in [0.29, 0.717) is 55.9 Å². The second kappa shape index (κ2) is 14.0. The molecule has 4 aromatic rings. The van der Waals surface area contributed by atoms with Crippen molar-refractivity contribution in [3.05, 3.63) is 76.7 Å². The molecule has 1 spiro atoms. The van der Waals surface area contributed by atoms with E-state index >= 15 is 4.39 Å². The Bertz CT molecular complexity index is 2440. The first kappa shape index (κ1) is 37.7. The van der Waals surface area contributed by atoms with Crippen LogP contribution in [0.3, 0.4) is 0 Å². The summed E-state index contributed by atoms with van der Waals surface area (Å²) >= 11 is 0. The van der Waals surface area contributed by atoms with Gasteiger partial charge in [-0.3, -0.25) is 29.5 Å². The summed E-state index contributed by atoms with van der Waals surface area (Å²) in [6.45, 7) is 9.53. The summed E-state index contributed by atoms with van der Waals surface area (Å²) in [6.07, 6.45) is 11.7. The van der Waals surface area contributed by atoms with Gasteiger partial charge in [-0.2, -0.15) is 0 Å². The highest BCUT2D eigenvalue weighted by Crippen LogP contribution is 2.49. The lowest BCUT2D eigenvalue weighted by Crippen LogP contribution is -2.59. The molecule has 4 atom stereocenters. The van der Waals surface area contributed by atoms with Crippen LogP contribution in [0.5, 0.6) is 5.75 Å².